The Morgan fingerprint density at radius 3 is 1.25 bits per heavy atom. The summed E-state index contributed by atoms with van der Waals surface area (Å²) in [6.45, 7) is 6.59. The fourth-order valence-corrected chi connectivity index (χ4v) is 2.01. The van der Waals surface area contributed by atoms with Gasteiger partial charge in [0.2, 0.25) is 0 Å². The predicted molar refractivity (Wildman–Crippen MR) is 42.7 cm³/mol. The van der Waals surface area contributed by atoms with Gasteiger partial charge < -0.3 is 0 Å². The fraction of sp³-hybridized carbons (Fsp3) is 1.00. The molecule has 2 heteroatoms. The Hall–Kier alpha value is 0.390. The van der Waals surface area contributed by atoms with Crippen LogP contribution in [0.25, 0.3) is 0 Å². The van der Waals surface area contributed by atoms with E-state index in [4.69, 9.17) is 5.50 Å². The first kappa shape index (κ1) is 8.39. The van der Waals surface area contributed by atoms with Crippen molar-refractivity contribution in [2.75, 3.05) is 18.5 Å². The monoisotopic (exact) mass is 134 g/mol. The van der Waals surface area contributed by atoms with Gasteiger partial charge in [-0.05, 0) is 20.8 Å². The van der Waals surface area contributed by atoms with Gasteiger partial charge in [0.05, 0.1) is 25.9 Å². The molecule has 1 nitrogen and oxygen atoms in total. The van der Waals surface area contributed by atoms with E-state index in [1.807, 2.05) is 0 Å². The minimum atomic E-state index is -0.912. The van der Waals surface area contributed by atoms with Crippen molar-refractivity contribution in [1.82, 2.24) is 0 Å². The summed E-state index contributed by atoms with van der Waals surface area (Å²) in [6.07, 6.45) is 3.62. The van der Waals surface area contributed by atoms with Crippen LogP contribution in [0.3, 0.4) is 0 Å². The molecule has 0 spiro atoms. The van der Waals surface area contributed by atoms with Crippen LogP contribution in [-0.4, -0.2) is 18.5 Å². The van der Waals surface area contributed by atoms with E-state index in [2.05, 4.69) is 20.8 Å². The molecular weight excluding hydrogens is 117 g/mol. The fourth-order valence-electron chi connectivity index (χ4n) is 0.671. The van der Waals surface area contributed by atoms with Gasteiger partial charge in [-0.1, -0.05) is 0 Å². The molecule has 0 amide bonds. The maximum atomic E-state index is 6.01. The van der Waals surface area contributed by atoms with Crippen molar-refractivity contribution < 1.29 is 0 Å². The highest BCUT2D eigenvalue weighted by Gasteiger charge is 2.24. The third-order valence-corrected chi connectivity index (χ3v) is 5.67. The quantitative estimate of drug-likeness (QED) is 0.586. The zero-order valence-electron chi connectivity index (χ0n) is 6.15. The molecule has 0 unspecified atom stereocenters. The van der Waals surface area contributed by atoms with Gasteiger partial charge in [0, 0.05) is 0 Å². The lowest BCUT2D eigenvalue weighted by Gasteiger charge is -2.15. The molecule has 0 radical (unpaired) electrons. The largest absolute Gasteiger partial charge is 0.205 e. The number of hydrogen-bond acceptors (Lipinski definition) is 1. The highest BCUT2D eigenvalue weighted by Crippen LogP contribution is 2.48. The lowest BCUT2D eigenvalue weighted by molar-refractivity contribution is 1.28. The molecule has 0 fully saturated rings. The van der Waals surface area contributed by atoms with Gasteiger partial charge in [0.15, 0.2) is 0 Å². The third kappa shape index (κ3) is 2.11. The number of rotatable bonds is 3. The van der Waals surface area contributed by atoms with Crippen LogP contribution in [0.4, 0.5) is 0 Å². The summed E-state index contributed by atoms with van der Waals surface area (Å²) < 4.78 is 0. The standard InChI is InChI=1S/C6H17NP/c1-4-8(7,5-2)6-3/h4-7H2,1-3H3/q+1. The van der Waals surface area contributed by atoms with E-state index in [0.29, 0.717) is 0 Å². The van der Waals surface area contributed by atoms with Gasteiger partial charge in [-0.3, -0.25) is 0 Å². The van der Waals surface area contributed by atoms with Gasteiger partial charge in [0.25, 0.3) is 0 Å². The topological polar surface area (TPSA) is 26.0 Å². The molecule has 0 heterocycles. The van der Waals surface area contributed by atoms with Crippen LogP contribution in [-0.2, 0) is 0 Å². The van der Waals surface area contributed by atoms with Crippen LogP contribution in [0.15, 0.2) is 0 Å². The predicted octanol–water partition coefficient (Wildman–Crippen LogP) is 1.94. The summed E-state index contributed by atoms with van der Waals surface area (Å²) in [5.74, 6) is 0. The van der Waals surface area contributed by atoms with Gasteiger partial charge in [-0.2, -0.15) is 0 Å². The Labute approximate surface area is 53.0 Å². The molecular formula is C6H17NP+. The molecule has 0 aromatic carbocycles. The van der Waals surface area contributed by atoms with Gasteiger partial charge in [0.1, 0.15) is 0 Å². The zero-order valence-corrected chi connectivity index (χ0v) is 7.04. The van der Waals surface area contributed by atoms with Crippen molar-refractivity contribution in [2.24, 2.45) is 5.50 Å². The van der Waals surface area contributed by atoms with Crippen molar-refractivity contribution in [3.63, 3.8) is 0 Å². The smallest absolute Gasteiger partial charge is 0.0761 e. The van der Waals surface area contributed by atoms with Crippen LogP contribution in [0.5, 0.6) is 0 Å². The summed E-state index contributed by atoms with van der Waals surface area (Å²) in [7, 11) is -0.912. The molecule has 2 N–H and O–H groups in total. The molecule has 0 atom stereocenters. The van der Waals surface area contributed by atoms with Crippen molar-refractivity contribution in [3.8, 4) is 0 Å². The van der Waals surface area contributed by atoms with Crippen LogP contribution in [0, 0.1) is 0 Å². The van der Waals surface area contributed by atoms with Crippen LogP contribution >= 0.6 is 7.41 Å². The van der Waals surface area contributed by atoms with Gasteiger partial charge in [-0.15, -0.1) is 0 Å². The molecule has 0 aliphatic heterocycles. The van der Waals surface area contributed by atoms with E-state index >= 15 is 0 Å². The maximum absolute atomic E-state index is 6.01. The average molecular weight is 134 g/mol. The summed E-state index contributed by atoms with van der Waals surface area (Å²) in [4.78, 5) is 0. The summed E-state index contributed by atoms with van der Waals surface area (Å²) >= 11 is 0. The van der Waals surface area contributed by atoms with Crippen molar-refractivity contribution in [1.29, 1.82) is 0 Å². The lowest BCUT2D eigenvalue weighted by Crippen LogP contribution is -2.11. The normalized spacial score (nSPS) is 12.0. The van der Waals surface area contributed by atoms with Crippen molar-refractivity contribution in [2.45, 2.75) is 20.8 Å². The second-order valence-electron chi connectivity index (χ2n) is 2.17. The van der Waals surface area contributed by atoms with E-state index in [0.717, 1.165) is 0 Å². The minimum Gasteiger partial charge on any atom is -0.205 e. The zero-order chi connectivity index (χ0) is 6.62. The molecule has 0 bridgehead atoms. The molecule has 8 heavy (non-hydrogen) atoms. The Kier molecular flexibility index (Phi) is 3.59. The van der Waals surface area contributed by atoms with Crippen molar-refractivity contribution in [3.05, 3.63) is 0 Å². The first-order valence-corrected chi connectivity index (χ1v) is 5.74. The highest BCUT2D eigenvalue weighted by molar-refractivity contribution is 7.73. The Bertz CT molecular complexity index is 51.3. The van der Waals surface area contributed by atoms with Crippen LogP contribution < -0.4 is 5.50 Å². The Morgan fingerprint density at radius 2 is 1.25 bits per heavy atom. The van der Waals surface area contributed by atoms with Crippen LogP contribution in [0.1, 0.15) is 20.8 Å². The summed E-state index contributed by atoms with van der Waals surface area (Å²) in [5, 5.41) is 0. The van der Waals surface area contributed by atoms with E-state index in [1.54, 1.807) is 0 Å². The van der Waals surface area contributed by atoms with E-state index in [1.165, 1.54) is 18.5 Å². The Morgan fingerprint density at radius 1 is 1.00 bits per heavy atom. The first-order chi connectivity index (χ1) is 3.68. The van der Waals surface area contributed by atoms with Crippen LogP contribution in [0.2, 0.25) is 0 Å². The van der Waals surface area contributed by atoms with Gasteiger partial charge >= 0.3 is 0 Å². The molecule has 0 rings (SSSR count). The number of nitrogens with two attached hydrogens (primary N) is 1. The SMILES string of the molecule is CC[P+](N)(CC)CC. The van der Waals surface area contributed by atoms with Gasteiger partial charge in [-0.25, -0.2) is 5.50 Å². The third-order valence-electron chi connectivity index (χ3n) is 1.89. The first-order valence-electron chi connectivity index (χ1n) is 3.33. The highest BCUT2D eigenvalue weighted by atomic mass is 31.2. The second kappa shape index (κ2) is 3.42. The molecule has 0 saturated heterocycles. The Balaban J connectivity index is 3.58. The van der Waals surface area contributed by atoms with E-state index in [-0.39, 0.29) is 0 Å². The molecule has 50 valence electrons. The second-order valence-corrected chi connectivity index (χ2v) is 6.50. The van der Waals surface area contributed by atoms with Crippen molar-refractivity contribution >= 4 is 7.41 Å². The molecule has 0 aromatic heterocycles. The number of hydrogen-bond donors (Lipinski definition) is 1. The van der Waals surface area contributed by atoms with E-state index < -0.39 is 7.41 Å². The maximum Gasteiger partial charge on any atom is 0.0761 e. The van der Waals surface area contributed by atoms with E-state index in [9.17, 15) is 0 Å². The lowest BCUT2D eigenvalue weighted by atomic mass is 10.9. The average Bonchev–Trinajstić information content (AvgIpc) is 1.87. The summed E-state index contributed by atoms with van der Waals surface area (Å²) in [6, 6.07) is 0. The molecule has 0 aromatic rings. The minimum absolute atomic E-state index is 0.912. The molecule has 0 saturated carbocycles. The molecule has 0 aliphatic rings. The molecule has 0 aliphatic carbocycles. The summed E-state index contributed by atoms with van der Waals surface area (Å²) in [5.41, 5.74) is 6.01.